The Balaban J connectivity index is 2.75. The lowest BCUT2D eigenvalue weighted by Crippen LogP contribution is -2.52. The number of aryl methyl sites for hydroxylation is 1. The molecule has 0 fully saturated rings. The van der Waals surface area contributed by atoms with E-state index in [1.54, 1.807) is 0 Å². The second-order valence-electron chi connectivity index (χ2n) is 8.68. The lowest BCUT2D eigenvalue weighted by molar-refractivity contribution is 0.400. The molecule has 0 amide bonds. The molecule has 0 radical (unpaired) electrons. The summed E-state index contributed by atoms with van der Waals surface area (Å²) in [5.74, 6) is 1.11. The zero-order chi connectivity index (χ0) is 17.6. The molecule has 0 aliphatic heterocycles. The summed E-state index contributed by atoms with van der Waals surface area (Å²) in [5.41, 5.74) is 4.20. The van der Waals surface area contributed by atoms with Crippen molar-refractivity contribution in [2.75, 3.05) is 7.11 Å². The smallest absolute Gasteiger partial charge is 0.121 e. The van der Waals surface area contributed by atoms with Crippen LogP contribution >= 0.6 is 0 Å². The number of hydrogen-bond donors (Lipinski definition) is 0. The Bertz CT molecular complexity index is 674. The van der Waals surface area contributed by atoms with E-state index in [9.17, 15) is 0 Å². The van der Waals surface area contributed by atoms with Crippen LogP contribution in [-0.2, 0) is 5.41 Å². The summed E-state index contributed by atoms with van der Waals surface area (Å²) in [6, 6.07) is 4.66. The van der Waals surface area contributed by atoms with E-state index >= 15 is 0 Å². The summed E-state index contributed by atoms with van der Waals surface area (Å²) in [5, 5.41) is 1.58. The Morgan fingerprint density at radius 1 is 1.09 bits per heavy atom. The molecule has 1 unspecified atom stereocenters. The number of allylic oxidation sites excluding steroid dienone is 4. The van der Waals surface area contributed by atoms with Gasteiger partial charge in [0.1, 0.15) is 5.75 Å². The molecule has 1 aromatic rings. The topological polar surface area (TPSA) is 9.23 Å². The van der Waals surface area contributed by atoms with Crippen molar-refractivity contribution in [2.24, 2.45) is 0 Å². The van der Waals surface area contributed by atoms with Crippen LogP contribution in [-0.4, -0.2) is 15.2 Å². The molecule has 0 saturated heterocycles. The predicted molar refractivity (Wildman–Crippen MR) is 105 cm³/mol. The number of hydrogen-bond acceptors (Lipinski definition) is 1. The maximum absolute atomic E-state index is 5.98. The standard InChI is InChI=1S/C21H32OSi/c1-15-13-17(20(3,4)5)19(22-7)18(14-15)23(8,9)21(6)12-10-11-16(21)2/h10-14H,1-9H3. The van der Waals surface area contributed by atoms with Crippen molar-refractivity contribution >= 4 is 13.3 Å². The highest BCUT2D eigenvalue weighted by Crippen LogP contribution is 2.50. The van der Waals surface area contributed by atoms with Gasteiger partial charge >= 0.3 is 0 Å². The minimum absolute atomic E-state index is 0.0773. The van der Waals surface area contributed by atoms with E-state index in [1.165, 1.54) is 21.9 Å². The lowest BCUT2D eigenvalue weighted by atomic mass is 9.85. The highest BCUT2D eigenvalue weighted by atomic mass is 28.3. The molecular formula is C21H32OSi. The van der Waals surface area contributed by atoms with Crippen molar-refractivity contribution in [2.45, 2.75) is 65.1 Å². The quantitative estimate of drug-likeness (QED) is 0.666. The predicted octanol–water partition coefficient (Wildman–Crippen LogP) is 5.49. The number of methoxy groups -OCH3 is 1. The van der Waals surface area contributed by atoms with Crippen LogP contribution < -0.4 is 9.92 Å². The van der Waals surface area contributed by atoms with Gasteiger partial charge in [-0.1, -0.05) is 82.3 Å². The number of ether oxygens (including phenoxy) is 1. The van der Waals surface area contributed by atoms with E-state index in [0.717, 1.165) is 5.75 Å². The van der Waals surface area contributed by atoms with E-state index in [2.05, 4.69) is 85.0 Å². The Morgan fingerprint density at radius 2 is 1.70 bits per heavy atom. The van der Waals surface area contributed by atoms with Gasteiger partial charge in [0.05, 0.1) is 15.2 Å². The molecule has 1 aromatic carbocycles. The van der Waals surface area contributed by atoms with E-state index in [1.807, 2.05) is 7.11 Å². The zero-order valence-electron chi connectivity index (χ0n) is 16.3. The summed E-state index contributed by atoms with van der Waals surface area (Å²) in [6.07, 6.45) is 6.88. The highest BCUT2D eigenvalue weighted by molar-refractivity contribution is 6.94. The molecule has 0 spiro atoms. The highest BCUT2D eigenvalue weighted by Gasteiger charge is 2.47. The fourth-order valence-electron chi connectivity index (χ4n) is 3.68. The van der Waals surface area contributed by atoms with Gasteiger partial charge in [-0.15, -0.1) is 0 Å². The molecule has 1 atom stereocenters. The molecule has 2 rings (SSSR count). The maximum Gasteiger partial charge on any atom is 0.121 e. The van der Waals surface area contributed by atoms with Gasteiger partial charge in [-0.3, -0.25) is 0 Å². The molecular weight excluding hydrogens is 296 g/mol. The molecule has 0 N–H and O–H groups in total. The first-order valence-electron chi connectivity index (χ1n) is 8.51. The summed E-state index contributed by atoms with van der Waals surface area (Å²) in [4.78, 5) is 0. The first-order chi connectivity index (χ1) is 10.4. The van der Waals surface area contributed by atoms with Crippen LogP contribution in [0.25, 0.3) is 0 Å². The molecule has 0 aromatic heterocycles. The van der Waals surface area contributed by atoms with Crippen molar-refractivity contribution < 1.29 is 4.74 Å². The van der Waals surface area contributed by atoms with Crippen molar-refractivity contribution in [1.29, 1.82) is 0 Å². The van der Waals surface area contributed by atoms with Crippen LogP contribution in [0, 0.1) is 6.92 Å². The van der Waals surface area contributed by atoms with Crippen molar-refractivity contribution in [3.63, 3.8) is 0 Å². The van der Waals surface area contributed by atoms with Gasteiger partial charge in [0.25, 0.3) is 0 Å². The summed E-state index contributed by atoms with van der Waals surface area (Å²) < 4.78 is 5.98. The third-order valence-electron chi connectivity index (χ3n) is 5.81. The van der Waals surface area contributed by atoms with Crippen LogP contribution in [0.2, 0.25) is 18.1 Å². The Labute approximate surface area is 143 Å². The molecule has 1 nitrogen and oxygen atoms in total. The average Bonchev–Trinajstić information content (AvgIpc) is 2.78. The molecule has 126 valence electrons. The molecule has 1 aliphatic carbocycles. The molecule has 0 saturated carbocycles. The third-order valence-corrected chi connectivity index (χ3v) is 10.7. The second kappa shape index (κ2) is 5.66. The summed E-state index contributed by atoms with van der Waals surface area (Å²) >= 11 is 0. The molecule has 2 heteroatoms. The summed E-state index contributed by atoms with van der Waals surface area (Å²) in [6.45, 7) is 18.6. The lowest BCUT2D eigenvalue weighted by Gasteiger charge is -2.42. The van der Waals surface area contributed by atoms with E-state index < -0.39 is 8.07 Å². The van der Waals surface area contributed by atoms with Gasteiger partial charge in [-0.05, 0) is 30.0 Å². The van der Waals surface area contributed by atoms with Crippen LogP contribution in [0.1, 0.15) is 45.7 Å². The Hall–Kier alpha value is -1.28. The first-order valence-corrected chi connectivity index (χ1v) is 11.5. The molecule has 0 heterocycles. The van der Waals surface area contributed by atoms with Gasteiger partial charge in [0.15, 0.2) is 0 Å². The number of rotatable bonds is 3. The molecule has 23 heavy (non-hydrogen) atoms. The molecule has 0 bridgehead atoms. The van der Waals surface area contributed by atoms with E-state index in [4.69, 9.17) is 4.74 Å². The van der Waals surface area contributed by atoms with Gasteiger partial charge in [-0.25, -0.2) is 0 Å². The normalized spacial score (nSPS) is 21.5. The Morgan fingerprint density at radius 3 is 2.13 bits per heavy atom. The fourth-order valence-corrected chi connectivity index (χ4v) is 7.22. The monoisotopic (exact) mass is 328 g/mol. The van der Waals surface area contributed by atoms with Gasteiger partial charge in [0.2, 0.25) is 0 Å². The minimum atomic E-state index is -1.82. The second-order valence-corrected chi connectivity index (χ2v) is 13.5. The van der Waals surface area contributed by atoms with Crippen LogP contribution in [0.4, 0.5) is 0 Å². The zero-order valence-corrected chi connectivity index (χ0v) is 17.3. The Kier molecular flexibility index (Phi) is 4.45. The maximum atomic E-state index is 5.98. The molecule has 1 aliphatic rings. The van der Waals surface area contributed by atoms with Gasteiger partial charge in [0, 0.05) is 5.04 Å². The van der Waals surface area contributed by atoms with Crippen LogP contribution in [0.3, 0.4) is 0 Å². The van der Waals surface area contributed by atoms with Crippen molar-refractivity contribution in [1.82, 2.24) is 0 Å². The van der Waals surface area contributed by atoms with Crippen LogP contribution in [0.5, 0.6) is 5.75 Å². The van der Waals surface area contributed by atoms with Gasteiger partial charge < -0.3 is 4.74 Å². The number of benzene rings is 1. The van der Waals surface area contributed by atoms with Crippen molar-refractivity contribution in [3.8, 4) is 5.75 Å². The van der Waals surface area contributed by atoms with Crippen LogP contribution in [0.15, 0.2) is 35.9 Å². The first kappa shape index (κ1) is 18.1. The summed E-state index contributed by atoms with van der Waals surface area (Å²) in [7, 11) is 0.00196. The average molecular weight is 329 g/mol. The van der Waals surface area contributed by atoms with Gasteiger partial charge in [-0.2, -0.15) is 0 Å². The third kappa shape index (κ3) is 2.82. The fraction of sp³-hybridized carbons (Fsp3) is 0.524. The minimum Gasteiger partial charge on any atom is -0.497 e. The van der Waals surface area contributed by atoms with Crippen molar-refractivity contribution in [3.05, 3.63) is 47.1 Å². The SMILES string of the molecule is COc1c(C(C)(C)C)cc(C)cc1[Si](C)(C)C1(C)C=CC=C1C. The van der Waals surface area contributed by atoms with E-state index in [-0.39, 0.29) is 10.5 Å². The largest absolute Gasteiger partial charge is 0.497 e. The van der Waals surface area contributed by atoms with E-state index in [0.29, 0.717) is 0 Å².